The van der Waals surface area contributed by atoms with Crippen molar-refractivity contribution in [3.63, 3.8) is 0 Å². The minimum absolute atomic E-state index is 0.279. The number of aliphatic hydroxyl groups excluding tert-OH is 2. The lowest BCUT2D eigenvalue weighted by Crippen LogP contribution is -2.40. The van der Waals surface area contributed by atoms with Crippen molar-refractivity contribution in [3.8, 4) is 0 Å². The summed E-state index contributed by atoms with van der Waals surface area (Å²) >= 11 is 0. The second-order valence-corrected chi connectivity index (χ2v) is 3.14. The fourth-order valence-corrected chi connectivity index (χ4v) is 1.43. The third-order valence-corrected chi connectivity index (χ3v) is 2.33. The van der Waals surface area contributed by atoms with E-state index in [1.54, 1.807) is 0 Å². The molecule has 1 radical (unpaired) electrons. The van der Waals surface area contributed by atoms with Crippen molar-refractivity contribution in [2.75, 3.05) is 19.7 Å². The van der Waals surface area contributed by atoms with E-state index in [4.69, 9.17) is 10.2 Å². The number of likely N-dealkylation sites (tertiary alicyclic amines) is 1. The maximum absolute atomic E-state index is 9.09. The Balaban J connectivity index is 2.24. The van der Waals surface area contributed by atoms with Crippen LogP contribution in [0.5, 0.6) is 0 Å². The van der Waals surface area contributed by atoms with E-state index in [0.29, 0.717) is 5.92 Å². The van der Waals surface area contributed by atoms with E-state index < -0.39 is 6.23 Å². The van der Waals surface area contributed by atoms with Gasteiger partial charge in [-0.05, 0) is 25.7 Å². The molecule has 3 nitrogen and oxygen atoms in total. The van der Waals surface area contributed by atoms with Gasteiger partial charge in [0.2, 0.25) is 0 Å². The average molecular weight is 158 g/mol. The van der Waals surface area contributed by atoms with Gasteiger partial charge in [0.1, 0.15) is 6.23 Å². The Hall–Kier alpha value is -0.120. The molecular weight excluding hydrogens is 142 g/mol. The second kappa shape index (κ2) is 4.04. The van der Waals surface area contributed by atoms with Crippen LogP contribution < -0.4 is 0 Å². The van der Waals surface area contributed by atoms with Crippen molar-refractivity contribution < 1.29 is 10.2 Å². The lowest BCUT2D eigenvalue weighted by atomic mass is 9.98. The molecule has 1 atom stereocenters. The zero-order valence-corrected chi connectivity index (χ0v) is 6.74. The molecule has 11 heavy (non-hydrogen) atoms. The van der Waals surface area contributed by atoms with Gasteiger partial charge in [-0.1, -0.05) is 0 Å². The zero-order chi connectivity index (χ0) is 8.27. The monoisotopic (exact) mass is 158 g/mol. The molecule has 1 aliphatic heterocycles. The summed E-state index contributed by atoms with van der Waals surface area (Å²) in [6.07, 6.45) is 1.38. The first-order chi connectivity index (χ1) is 5.24. The van der Waals surface area contributed by atoms with E-state index >= 15 is 0 Å². The molecule has 0 aromatic carbocycles. The highest BCUT2D eigenvalue weighted by Gasteiger charge is 2.20. The number of rotatable bonds is 2. The molecule has 0 spiro atoms. The van der Waals surface area contributed by atoms with E-state index in [2.05, 4.69) is 6.92 Å². The Kier molecular flexibility index (Phi) is 3.30. The SMILES string of the molecule is [CH2]C(O)N1CCC(CO)CC1. The molecule has 0 aliphatic carbocycles. The molecule has 0 saturated carbocycles. The van der Waals surface area contributed by atoms with Crippen molar-refractivity contribution in [2.45, 2.75) is 19.1 Å². The Labute approximate surface area is 67.6 Å². The first-order valence-electron chi connectivity index (χ1n) is 4.10. The number of hydrogen-bond acceptors (Lipinski definition) is 3. The maximum atomic E-state index is 9.09. The van der Waals surface area contributed by atoms with Crippen LogP contribution in [0.1, 0.15) is 12.8 Å². The van der Waals surface area contributed by atoms with E-state index in [9.17, 15) is 0 Å². The molecule has 0 bridgehead atoms. The number of nitrogens with zero attached hydrogens (tertiary/aromatic N) is 1. The Morgan fingerprint density at radius 3 is 2.36 bits per heavy atom. The minimum atomic E-state index is -0.574. The minimum Gasteiger partial charge on any atom is -0.396 e. The largest absolute Gasteiger partial charge is 0.396 e. The fraction of sp³-hybridized carbons (Fsp3) is 0.875. The van der Waals surface area contributed by atoms with Crippen LogP contribution in [-0.4, -0.2) is 41.0 Å². The fourth-order valence-electron chi connectivity index (χ4n) is 1.43. The smallest absolute Gasteiger partial charge is 0.107 e. The highest BCUT2D eigenvalue weighted by molar-refractivity contribution is 4.73. The number of hydrogen-bond donors (Lipinski definition) is 2. The van der Waals surface area contributed by atoms with Crippen LogP contribution in [-0.2, 0) is 0 Å². The predicted octanol–water partition coefficient (Wildman–Crippen LogP) is -0.157. The Bertz CT molecular complexity index is 109. The summed E-state index contributed by atoms with van der Waals surface area (Å²) < 4.78 is 0. The van der Waals surface area contributed by atoms with Crippen LogP contribution in [0.4, 0.5) is 0 Å². The van der Waals surface area contributed by atoms with Crippen LogP contribution >= 0.6 is 0 Å². The van der Waals surface area contributed by atoms with Gasteiger partial charge in [-0.2, -0.15) is 0 Å². The van der Waals surface area contributed by atoms with Crippen molar-refractivity contribution >= 4 is 0 Å². The first kappa shape index (κ1) is 8.97. The van der Waals surface area contributed by atoms with Crippen LogP contribution in [0.2, 0.25) is 0 Å². The molecule has 65 valence electrons. The molecular formula is C8H16NO2. The summed E-state index contributed by atoms with van der Waals surface area (Å²) in [6, 6.07) is 0. The average Bonchev–Trinajstić information content (AvgIpc) is 2.05. The third kappa shape index (κ3) is 2.43. The summed E-state index contributed by atoms with van der Waals surface area (Å²) in [4.78, 5) is 1.92. The zero-order valence-electron chi connectivity index (χ0n) is 6.74. The molecule has 1 heterocycles. The van der Waals surface area contributed by atoms with E-state index in [1.807, 2.05) is 4.90 Å². The van der Waals surface area contributed by atoms with E-state index in [0.717, 1.165) is 25.9 Å². The van der Waals surface area contributed by atoms with Gasteiger partial charge in [0, 0.05) is 19.7 Å². The topological polar surface area (TPSA) is 43.7 Å². The van der Waals surface area contributed by atoms with Gasteiger partial charge in [0.15, 0.2) is 0 Å². The molecule has 3 heteroatoms. The van der Waals surface area contributed by atoms with Crippen molar-refractivity contribution in [1.29, 1.82) is 0 Å². The summed E-state index contributed by atoms with van der Waals surface area (Å²) in [5, 5.41) is 17.9. The number of piperidine rings is 1. The molecule has 0 amide bonds. The Morgan fingerprint density at radius 2 is 2.00 bits per heavy atom. The van der Waals surface area contributed by atoms with Gasteiger partial charge in [-0.25, -0.2) is 0 Å². The van der Waals surface area contributed by atoms with Crippen LogP contribution in [0.3, 0.4) is 0 Å². The molecule has 1 rings (SSSR count). The molecule has 0 aromatic heterocycles. The second-order valence-electron chi connectivity index (χ2n) is 3.14. The van der Waals surface area contributed by atoms with Gasteiger partial charge in [0.25, 0.3) is 0 Å². The summed E-state index contributed by atoms with van der Waals surface area (Å²) in [5.74, 6) is 0.435. The summed E-state index contributed by atoms with van der Waals surface area (Å²) in [5.41, 5.74) is 0. The van der Waals surface area contributed by atoms with E-state index in [-0.39, 0.29) is 6.61 Å². The molecule has 0 aromatic rings. The van der Waals surface area contributed by atoms with Gasteiger partial charge in [-0.15, -0.1) is 0 Å². The van der Waals surface area contributed by atoms with E-state index in [1.165, 1.54) is 0 Å². The van der Waals surface area contributed by atoms with Gasteiger partial charge in [0.05, 0.1) is 0 Å². The van der Waals surface area contributed by atoms with Crippen LogP contribution in [0.15, 0.2) is 0 Å². The summed E-state index contributed by atoms with van der Waals surface area (Å²) in [7, 11) is 0. The summed E-state index contributed by atoms with van der Waals surface area (Å²) in [6.45, 7) is 5.52. The molecule has 1 fully saturated rings. The van der Waals surface area contributed by atoms with Gasteiger partial charge in [-0.3, -0.25) is 4.90 Å². The van der Waals surface area contributed by atoms with Gasteiger partial charge < -0.3 is 10.2 Å². The third-order valence-electron chi connectivity index (χ3n) is 2.33. The predicted molar refractivity (Wildman–Crippen MR) is 42.7 cm³/mol. The van der Waals surface area contributed by atoms with Crippen molar-refractivity contribution in [1.82, 2.24) is 4.90 Å². The number of aliphatic hydroxyl groups is 2. The molecule has 1 saturated heterocycles. The lowest BCUT2D eigenvalue weighted by Gasteiger charge is -2.32. The molecule has 1 unspecified atom stereocenters. The van der Waals surface area contributed by atoms with Crippen molar-refractivity contribution in [3.05, 3.63) is 6.92 Å². The van der Waals surface area contributed by atoms with Crippen LogP contribution in [0, 0.1) is 12.8 Å². The normalized spacial score (nSPS) is 25.4. The highest BCUT2D eigenvalue weighted by atomic mass is 16.3. The first-order valence-corrected chi connectivity index (χ1v) is 4.10. The quantitative estimate of drug-likeness (QED) is 0.587. The molecule has 1 aliphatic rings. The van der Waals surface area contributed by atoms with Crippen molar-refractivity contribution in [2.24, 2.45) is 5.92 Å². The lowest BCUT2D eigenvalue weighted by molar-refractivity contribution is 0.00776. The molecule has 2 N–H and O–H groups in total. The highest BCUT2D eigenvalue weighted by Crippen LogP contribution is 2.16. The Morgan fingerprint density at radius 1 is 1.45 bits per heavy atom. The van der Waals surface area contributed by atoms with Crippen LogP contribution in [0.25, 0.3) is 0 Å². The van der Waals surface area contributed by atoms with Gasteiger partial charge >= 0.3 is 0 Å². The maximum Gasteiger partial charge on any atom is 0.107 e. The standard InChI is InChI=1S/C8H16NO2/c1-7(11)9-4-2-8(6-10)3-5-9/h7-8,10-11H,1-6H2.